The summed E-state index contributed by atoms with van der Waals surface area (Å²) in [7, 11) is 0. The fraction of sp³-hybridized carbons (Fsp3) is 0.333. The van der Waals surface area contributed by atoms with E-state index in [1.807, 2.05) is 90.4 Å². The number of rotatable bonds is 8. The standard InChI is InChI=1S/C15H13ClI4N2O6/c1-5(24)28-4-7(25)22-13-11(19)8(14(16)26)10(18)9(12(13)20)15(27)21-2-6(17)3-23/h6,23H,2-4H2,1H3,(H,21,27)(H,22,25). The normalized spacial score (nSPS) is 11.5. The highest BCUT2D eigenvalue weighted by Crippen LogP contribution is 2.36. The Bertz CT molecular complexity index is 820. The van der Waals surface area contributed by atoms with Crippen LogP contribution < -0.4 is 10.6 Å². The minimum atomic E-state index is -0.781. The molecule has 0 heterocycles. The van der Waals surface area contributed by atoms with Gasteiger partial charge in [-0.25, -0.2) is 0 Å². The maximum Gasteiger partial charge on any atom is 0.303 e. The van der Waals surface area contributed by atoms with Crippen molar-refractivity contribution in [2.45, 2.75) is 10.8 Å². The van der Waals surface area contributed by atoms with Gasteiger partial charge in [0.15, 0.2) is 6.61 Å². The van der Waals surface area contributed by atoms with Gasteiger partial charge in [0, 0.05) is 17.0 Å². The zero-order chi connectivity index (χ0) is 21.6. The predicted molar refractivity (Wildman–Crippen MR) is 137 cm³/mol. The lowest BCUT2D eigenvalue weighted by atomic mass is 10.1. The Kier molecular flexibility index (Phi) is 11.7. The molecule has 154 valence electrons. The van der Waals surface area contributed by atoms with Crippen molar-refractivity contribution < 1.29 is 29.0 Å². The largest absolute Gasteiger partial charge is 0.456 e. The number of anilines is 1. The number of ether oxygens (including phenoxy) is 1. The van der Waals surface area contributed by atoms with Gasteiger partial charge in [0.2, 0.25) is 0 Å². The second-order valence-corrected chi connectivity index (χ2v) is 10.5. The molecule has 1 atom stereocenters. The SMILES string of the molecule is CC(=O)OCC(=O)Nc1c(I)c(C(=O)Cl)c(I)c(C(=O)NCC(I)CO)c1I. The van der Waals surface area contributed by atoms with Crippen LogP contribution in [0.3, 0.4) is 0 Å². The average Bonchev–Trinajstić information content (AvgIpc) is 2.61. The molecule has 0 aliphatic rings. The van der Waals surface area contributed by atoms with Gasteiger partial charge >= 0.3 is 5.97 Å². The van der Waals surface area contributed by atoms with E-state index in [2.05, 4.69) is 15.4 Å². The Labute approximate surface area is 220 Å². The Hall–Kier alpha value is 0.470. The number of carbonyl (C=O) groups excluding carboxylic acids is 4. The molecule has 1 aromatic carbocycles. The maximum absolute atomic E-state index is 12.7. The molecule has 0 radical (unpaired) electrons. The number of aliphatic hydroxyl groups excluding tert-OH is 1. The molecule has 0 bridgehead atoms. The topological polar surface area (TPSA) is 122 Å². The van der Waals surface area contributed by atoms with Gasteiger partial charge in [0.05, 0.1) is 34.5 Å². The van der Waals surface area contributed by atoms with Crippen molar-refractivity contribution in [3.63, 3.8) is 0 Å². The molecule has 1 unspecified atom stereocenters. The van der Waals surface area contributed by atoms with E-state index in [0.29, 0.717) is 10.7 Å². The molecule has 1 aromatic rings. The monoisotopic (exact) mass is 860 g/mol. The van der Waals surface area contributed by atoms with Gasteiger partial charge in [-0.05, 0) is 79.4 Å². The predicted octanol–water partition coefficient (Wildman–Crippen LogP) is 2.91. The van der Waals surface area contributed by atoms with Gasteiger partial charge < -0.3 is 20.5 Å². The summed E-state index contributed by atoms with van der Waals surface area (Å²) in [6.07, 6.45) is 0. The number of halogens is 5. The Balaban J connectivity index is 3.38. The molecule has 0 aromatic heterocycles. The van der Waals surface area contributed by atoms with Crippen LogP contribution in [-0.4, -0.2) is 51.8 Å². The van der Waals surface area contributed by atoms with E-state index in [1.165, 1.54) is 6.92 Å². The lowest BCUT2D eigenvalue weighted by molar-refractivity contribution is -0.144. The average molecular weight is 860 g/mol. The molecule has 0 aliphatic carbocycles. The minimum Gasteiger partial charge on any atom is -0.456 e. The van der Waals surface area contributed by atoms with Crippen LogP contribution >= 0.6 is 102 Å². The summed E-state index contributed by atoms with van der Waals surface area (Å²) in [6.45, 7) is 0.772. The maximum atomic E-state index is 12.7. The summed E-state index contributed by atoms with van der Waals surface area (Å²) < 4.78 is 5.58. The van der Waals surface area contributed by atoms with Crippen molar-refractivity contribution in [2.75, 3.05) is 25.1 Å². The number of amides is 2. The van der Waals surface area contributed by atoms with Crippen molar-refractivity contribution in [2.24, 2.45) is 0 Å². The molecule has 0 saturated heterocycles. The highest BCUT2D eigenvalue weighted by molar-refractivity contribution is 14.1. The third-order valence-corrected chi connectivity index (χ3v) is 7.35. The number of esters is 1. The van der Waals surface area contributed by atoms with Gasteiger partial charge in [0.25, 0.3) is 17.1 Å². The van der Waals surface area contributed by atoms with Crippen LogP contribution in [0, 0.1) is 10.7 Å². The third-order valence-electron chi connectivity index (χ3n) is 3.09. The number of aliphatic hydroxyl groups is 1. The minimum absolute atomic E-state index is 0.0874. The first-order chi connectivity index (χ1) is 13.0. The van der Waals surface area contributed by atoms with Crippen LogP contribution in [-0.2, 0) is 14.3 Å². The van der Waals surface area contributed by atoms with Gasteiger partial charge in [-0.15, -0.1) is 0 Å². The van der Waals surface area contributed by atoms with E-state index < -0.39 is 29.6 Å². The molecule has 1 rings (SSSR count). The molecule has 3 N–H and O–H groups in total. The van der Waals surface area contributed by atoms with Crippen molar-refractivity contribution >= 4 is 131 Å². The van der Waals surface area contributed by atoms with E-state index in [-0.39, 0.29) is 33.9 Å². The molecule has 0 aliphatic heterocycles. The number of carbonyl (C=O) groups is 4. The molecule has 8 nitrogen and oxygen atoms in total. The van der Waals surface area contributed by atoms with E-state index in [0.717, 1.165) is 0 Å². The molecular weight excluding hydrogens is 847 g/mol. The van der Waals surface area contributed by atoms with Crippen LogP contribution in [0.5, 0.6) is 0 Å². The van der Waals surface area contributed by atoms with Gasteiger partial charge in [-0.1, -0.05) is 22.6 Å². The van der Waals surface area contributed by atoms with Crippen LogP contribution in [0.15, 0.2) is 0 Å². The number of hydrogen-bond donors (Lipinski definition) is 3. The fourth-order valence-electron chi connectivity index (χ4n) is 1.84. The second kappa shape index (κ2) is 12.4. The lowest BCUT2D eigenvalue weighted by Crippen LogP contribution is -2.33. The summed E-state index contributed by atoms with van der Waals surface area (Å²) in [4.78, 5) is 47.6. The first kappa shape index (κ1) is 26.5. The van der Waals surface area contributed by atoms with Crippen LogP contribution in [0.4, 0.5) is 5.69 Å². The van der Waals surface area contributed by atoms with E-state index in [4.69, 9.17) is 16.7 Å². The molecular formula is C15H13ClI4N2O6. The first-order valence-electron chi connectivity index (χ1n) is 7.37. The van der Waals surface area contributed by atoms with Crippen LogP contribution in [0.25, 0.3) is 0 Å². The molecule has 0 saturated carbocycles. The van der Waals surface area contributed by atoms with Gasteiger partial charge in [-0.2, -0.15) is 0 Å². The quantitative estimate of drug-likeness (QED) is 0.160. The summed E-state index contributed by atoms with van der Waals surface area (Å²) >= 11 is 13.3. The number of nitrogens with one attached hydrogen (secondary N) is 2. The smallest absolute Gasteiger partial charge is 0.303 e. The highest BCUT2D eigenvalue weighted by atomic mass is 127. The van der Waals surface area contributed by atoms with E-state index >= 15 is 0 Å². The first-order valence-corrected chi connectivity index (χ1v) is 12.2. The molecule has 13 heteroatoms. The fourth-order valence-corrected chi connectivity index (χ4v) is 6.99. The summed E-state index contributed by atoms with van der Waals surface area (Å²) in [5, 5.41) is 13.6. The lowest BCUT2D eigenvalue weighted by Gasteiger charge is -2.18. The number of benzene rings is 1. The van der Waals surface area contributed by atoms with Gasteiger partial charge in [-0.3, -0.25) is 19.2 Å². The summed E-state index contributed by atoms with van der Waals surface area (Å²) in [5.41, 5.74) is 0.487. The van der Waals surface area contributed by atoms with Gasteiger partial charge in [0.1, 0.15) is 0 Å². The zero-order valence-corrected chi connectivity index (χ0v) is 23.5. The molecule has 28 heavy (non-hydrogen) atoms. The number of hydrogen-bond acceptors (Lipinski definition) is 6. The highest BCUT2D eigenvalue weighted by Gasteiger charge is 2.28. The van der Waals surface area contributed by atoms with E-state index in [1.54, 1.807) is 0 Å². The number of alkyl halides is 1. The molecule has 2 amide bonds. The molecule has 0 fully saturated rings. The van der Waals surface area contributed by atoms with Crippen molar-refractivity contribution in [1.29, 1.82) is 0 Å². The Morgan fingerprint density at radius 2 is 1.68 bits per heavy atom. The zero-order valence-electron chi connectivity index (χ0n) is 14.1. The van der Waals surface area contributed by atoms with Crippen molar-refractivity contribution in [1.82, 2.24) is 5.32 Å². The van der Waals surface area contributed by atoms with Crippen LogP contribution in [0.2, 0.25) is 0 Å². The Morgan fingerprint density at radius 3 is 2.18 bits per heavy atom. The van der Waals surface area contributed by atoms with Crippen molar-refractivity contribution in [3.05, 3.63) is 21.8 Å². The van der Waals surface area contributed by atoms with E-state index in [9.17, 15) is 19.2 Å². The summed E-state index contributed by atoms with van der Waals surface area (Å²) in [6, 6.07) is 0. The van der Waals surface area contributed by atoms with Crippen LogP contribution in [0.1, 0.15) is 27.6 Å². The third kappa shape index (κ3) is 7.31. The Morgan fingerprint density at radius 1 is 1.11 bits per heavy atom. The second-order valence-electron chi connectivity index (χ2n) is 5.16. The summed E-state index contributed by atoms with van der Waals surface area (Å²) in [5.74, 6) is -1.72. The molecule has 0 spiro atoms. The van der Waals surface area contributed by atoms with Crippen molar-refractivity contribution in [3.8, 4) is 0 Å².